The number of alkyl halides is 3. The zero-order chi connectivity index (χ0) is 12.9. The number of carbonyl (C=O) groups is 1. The lowest BCUT2D eigenvalue weighted by Gasteiger charge is -2.08. The highest BCUT2D eigenvalue weighted by Crippen LogP contribution is 2.26. The fourth-order valence-corrected chi connectivity index (χ4v) is 2.02. The molecule has 7 heteroatoms. The van der Waals surface area contributed by atoms with Crippen LogP contribution >= 0.6 is 23.4 Å². The second kappa shape index (κ2) is 6.16. The van der Waals surface area contributed by atoms with Crippen LogP contribution in [0.15, 0.2) is 29.2 Å². The molecule has 94 valence electrons. The van der Waals surface area contributed by atoms with E-state index in [1.165, 1.54) is 0 Å². The summed E-state index contributed by atoms with van der Waals surface area (Å²) in [6, 6.07) is 6.82. The molecule has 0 radical (unpaired) electrons. The van der Waals surface area contributed by atoms with Crippen molar-refractivity contribution in [3.8, 4) is 0 Å². The van der Waals surface area contributed by atoms with Crippen LogP contribution in [-0.4, -0.2) is 24.4 Å². The Hall–Kier alpha value is -0.880. The van der Waals surface area contributed by atoms with Crippen LogP contribution in [0, 0.1) is 0 Å². The highest BCUT2D eigenvalue weighted by atomic mass is 35.5. The fraction of sp³-hybridized carbons (Fsp3) is 0.300. The molecule has 0 bridgehead atoms. The first kappa shape index (κ1) is 14.2. The quantitative estimate of drug-likeness (QED) is 0.860. The van der Waals surface area contributed by atoms with Gasteiger partial charge in [-0.25, -0.2) is 0 Å². The molecule has 1 aromatic rings. The minimum atomic E-state index is -4.38. The molecule has 1 amide bonds. The zero-order valence-electron chi connectivity index (χ0n) is 8.55. The van der Waals surface area contributed by atoms with Crippen LogP contribution < -0.4 is 5.32 Å². The van der Waals surface area contributed by atoms with Crippen LogP contribution in [0.4, 0.5) is 13.2 Å². The largest absolute Gasteiger partial charge is 0.405 e. The van der Waals surface area contributed by atoms with E-state index in [1.54, 1.807) is 29.6 Å². The Balaban J connectivity index is 2.36. The van der Waals surface area contributed by atoms with Crippen LogP contribution in [-0.2, 0) is 4.79 Å². The van der Waals surface area contributed by atoms with Gasteiger partial charge in [0.15, 0.2) is 0 Å². The predicted octanol–water partition coefficient (Wildman–Crippen LogP) is 3.11. The number of hydrogen-bond donors (Lipinski definition) is 1. The number of thioether (sulfide) groups is 1. The fourth-order valence-electron chi connectivity index (χ4n) is 0.955. The third-order valence-electron chi connectivity index (χ3n) is 1.68. The number of amides is 1. The van der Waals surface area contributed by atoms with E-state index < -0.39 is 18.6 Å². The third kappa shape index (κ3) is 5.83. The Kier molecular flexibility index (Phi) is 5.14. The van der Waals surface area contributed by atoms with Crippen molar-refractivity contribution < 1.29 is 18.0 Å². The second-order valence-corrected chi connectivity index (χ2v) is 4.54. The number of halogens is 4. The lowest BCUT2D eigenvalue weighted by molar-refractivity contribution is -0.136. The normalized spacial score (nSPS) is 11.3. The number of benzene rings is 1. The molecular weight excluding hydrogens is 275 g/mol. The summed E-state index contributed by atoms with van der Waals surface area (Å²) in [5.41, 5.74) is 0. The Morgan fingerprint density at radius 1 is 1.35 bits per heavy atom. The maximum absolute atomic E-state index is 11.8. The molecule has 0 spiro atoms. The Labute approximate surface area is 106 Å². The van der Waals surface area contributed by atoms with Crippen molar-refractivity contribution >= 4 is 29.3 Å². The van der Waals surface area contributed by atoms with Crippen LogP contribution in [0.25, 0.3) is 0 Å². The van der Waals surface area contributed by atoms with Gasteiger partial charge < -0.3 is 5.32 Å². The molecule has 17 heavy (non-hydrogen) atoms. The van der Waals surface area contributed by atoms with E-state index in [-0.39, 0.29) is 5.75 Å². The molecule has 0 fully saturated rings. The van der Waals surface area contributed by atoms with Crippen molar-refractivity contribution in [1.82, 2.24) is 5.32 Å². The standard InChI is InChI=1S/C10H9ClF3NOS/c11-7-3-1-2-4-8(7)17-5-9(16)15-6-10(12,13)14/h1-4H,5-6H2,(H,15,16). The van der Waals surface area contributed by atoms with Crippen molar-refractivity contribution in [3.63, 3.8) is 0 Å². The van der Waals surface area contributed by atoms with E-state index in [4.69, 9.17) is 11.6 Å². The van der Waals surface area contributed by atoms with E-state index in [1.807, 2.05) is 0 Å². The average Bonchev–Trinajstić information content (AvgIpc) is 2.24. The third-order valence-corrected chi connectivity index (χ3v) is 3.20. The van der Waals surface area contributed by atoms with Gasteiger partial charge >= 0.3 is 6.18 Å². The summed E-state index contributed by atoms with van der Waals surface area (Å²) < 4.78 is 35.4. The maximum Gasteiger partial charge on any atom is 0.405 e. The molecule has 0 aromatic heterocycles. The minimum absolute atomic E-state index is 0.0974. The van der Waals surface area contributed by atoms with Crippen molar-refractivity contribution in [1.29, 1.82) is 0 Å². The number of nitrogens with one attached hydrogen (secondary N) is 1. The molecule has 2 nitrogen and oxygen atoms in total. The van der Waals surface area contributed by atoms with Gasteiger partial charge in [0.05, 0.1) is 10.8 Å². The lowest BCUT2D eigenvalue weighted by atomic mass is 10.4. The van der Waals surface area contributed by atoms with Gasteiger partial charge in [-0.2, -0.15) is 13.2 Å². The summed E-state index contributed by atoms with van der Waals surface area (Å²) in [4.78, 5) is 11.8. The Morgan fingerprint density at radius 2 is 2.00 bits per heavy atom. The summed E-state index contributed by atoms with van der Waals surface area (Å²) in [5.74, 6) is -0.771. The topological polar surface area (TPSA) is 29.1 Å². The molecule has 0 aliphatic heterocycles. The van der Waals surface area contributed by atoms with E-state index in [2.05, 4.69) is 0 Å². The Bertz CT molecular complexity index is 397. The van der Waals surface area contributed by atoms with Gasteiger partial charge in [-0.3, -0.25) is 4.79 Å². The first-order valence-corrected chi connectivity index (χ1v) is 5.95. The molecule has 0 aliphatic rings. The van der Waals surface area contributed by atoms with Crippen LogP contribution in [0.5, 0.6) is 0 Å². The van der Waals surface area contributed by atoms with E-state index >= 15 is 0 Å². The Morgan fingerprint density at radius 3 is 2.59 bits per heavy atom. The van der Waals surface area contributed by atoms with E-state index in [0.717, 1.165) is 11.8 Å². The first-order valence-electron chi connectivity index (χ1n) is 4.59. The molecule has 0 atom stereocenters. The zero-order valence-corrected chi connectivity index (χ0v) is 10.1. The van der Waals surface area contributed by atoms with E-state index in [0.29, 0.717) is 9.92 Å². The van der Waals surface area contributed by atoms with Crippen LogP contribution in [0.2, 0.25) is 5.02 Å². The molecule has 0 saturated heterocycles. The smallest absolute Gasteiger partial charge is 0.346 e. The number of rotatable bonds is 4. The minimum Gasteiger partial charge on any atom is -0.346 e. The van der Waals surface area contributed by atoms with Gasteiger partial charge in [0, 0.05) is 4.90 Å². The highest BCUT2D eigenvalue weighted by Gasteiger charge is 2.27. The number of hydrogen-bond acceptors (Lipinski definition) is 2. The molecule has 1 rings (SSSR count). The van der Waals surface area contributed by atoms with Crippen molar-refractivity contribution in [2.24, 2.45) is 0 Å². The lowest BCUT2D eigenvalue weighted by Crippen LogP contribution is -2.34. The van der Waals surface area contributed by atoms with Gasteiger partial charge in [-0.15, -0.1) is 11.8 Å². The van der Waals surface area contributed by atoms with Gasteiger partial charge in [0.25, 0.3) is 0 Å². The van der Waals surface area contributed by atoms with Gasteiger partial charge in [-0.05, 0) is 12.1 Å². The molecule has 0 aliphatic carbocycles. The summed E-state index contributed by atoms with van der Waals surface area (Å²) >= 11 is 6.92. The molecule has 1 N–H and O–H groups in total. The monoisotopic (exact) mass is 283 g/mol. The summed E-state index contributed by atoms with van der Waals surface area (Å²) in [6.45, 7) is -1.31. The summed E-state index contributed by atoms with van der Waals surface area (Å²) in [5, 5.41) is 2.26. The average molecular weight is 284 g/mol. The SMILES string of the molecule is O=C(CSc1ccccc1Cl)NCC(F)(F)F. The van der Waals surface area contributed by atoms with Crippen LogP contribution in [0.3, 0.4) is 0 Å². The van der Waals surface area contributed by atoms with Gasteiger partial charge in [-0.1, -0.05) is 23.7 Å². The highest BCUT2D eigenvalue weighted by molar-refractivity contribution is 8.00. The molecule has 1 aromatic carbocycles. The van der Waals surface area contributed by atoms with Crippen LogP contribution in [0.1, 0.15) is 0 Å². The van der Waals surface area contributed by atoms with Gasteiger partial charge in [0.1, 0.15) is 6.54 Å². The van der Waals surface area contributed by atoms with Crippen molar-refractivity contribution in [2.75, 3.05) is 12.3 Å². The molecular formula is C10H9ClF3NOS. The second-order valence-electron chi connectivity index (χ2n) is 3.11. The summed E-state index contributed by atoms with van der Waals surface area (Å²) in [7, 11) is 0. The predicted molar refractivity (Wildman–Crippen MR) is 61.2 cm³/mol. The van der Waals surface area contributed by atoms with E-state index in [9.17, 15) is 18.0 Å². The van der Waals surface area contributed by atoms with Gasteiger partial charge in [0.2, 0.25) is 5.91 Å². The maximum atomic E-state index is 11.8. The molecule has 0 heterocycles. The van der Waals surface area contributed by atoms with Crippen molar-refractivity contribution in [3.05, 3.63) is 29.3 Å². The summed E-state index contributed by atoms with van der Waals surface area (Å²) in [6.07, 6.45) is -4.38. The molecule has 0 saturated carbocycles. The number of carbonyl (C=O) groups excluding carboxylic acids is 1. The first-order chi connectivity index (χ1) is 7.88. The molecule has 0 unspecified atom stereocenters. The van der Waals surface area contributed by atoms with Crippen molar-refractivity contribution in [2.45, 2.75) is 11.1 Å².